The molecule has 0 fully saturated rings. The number of rotatable bonds is 7. The van der Waals surface area contributed by atoms with Crippen molar-refractivity contribution in [1.29, 1.82) is 0 Å². The Morgan fingerprint density at radius 1 is 1.19 bits per heavy atom. The number of aromatic nitrogens is 2. The summed E-state index contributed by atoms with van der Waals surface area (Å²) in [4.78, 5) is 17.1. The van der Waals surface area contributed by atoms with Crippen molar-refractivity contribution in [2.45, 2.75) is 33.1 Å². The number of ether oxygens (including phenoxy) is 1. The first-order valence-corrected chi connectivity index (χ1v) is 9.05. The number of nitrogens with one attached hydrogen (secondary N) is 1. The van der Waals surface area contributed by atoms with Gasteiger partial charge in [-0.3, -0.25) is 4.79 Å². The van der Waals surface area contributed by atoms with Crippen molar-refractivity contribution in [2.24, 2.45) is 0 Å². The van der Waals surface area contributed by atoms with E-state index in [0.29, 0.717) is 40.9 Å². The number of hydrogen-bond donors (Lipinski definition) is 1. The Bertz CT molecular complexity index is 918. The van der Waals surface area contributed by atoms with E-state index in [-0.39, 0.29) is 11.8 Å². The topological polar surface area (TPSA) is 77.2 Å². The fourth-order valence-corrected chi connectivity index (χ4v) is 2.50. The molecule has 0 unspecified atom stereocenters. The summed E-state index contributed by atoms with van der Waals surface area (Å²) in [6, 6.07) is 14.5. The maximum Gasteiger partial charge on any atom is 0.260 e. The molecule has 6 heteroatoms. The highest BCUT2D eigenvalue weighted by Crippen LogP contribution is 2.28. The van der Waals surface area contributed by atoms with Crippen LogP contribution in [0.2, 0.25) is 0 Å². The summed E-state index contributed by atoms with van der Waals surface area (Å²) in [6.07, 6.45) is 0.909. The van der Waals surface area contributed by atoms with E-state index in [1.807, 2.05) is 51.1 Å². The van der Waals surface area contributed by atoms with Crippen LogP contribution in [0, 0.1) is 0 Å². The minimum absolute atomic E-state index is 0.162. The summed E-state index contributed by atoms with van der Waals surface area (Å²) in [7, 11) is 0. The van der Waals surface area contributed by atoms with Gasteiger partial charge >= 0.3 is 0 Å². The van der Waals surface area contributed by atoms with E-state index in [0.717, 1.165) is 6.42 Å². The lowest BCUT2D eigenvalue weighted by molar-refractivity contribution is 0.102. The van der Waals surface area contributed by atoms with E-state index in [9.17, 15) is 4.79 Å². The lowest BCUT2D eigenvalue weighted by atomic mass is 10.1. The molecular formula is C21H23N3O3. The number of benzene rings is 2. The fraction of sp³-hybridized carbons (Fsp3) is 0.286. The Balaban J connectivity index is 1.82. The van der Waals surface area contributed by atoms with Gasteiger partial charge < -0.3 is 14.6 Å². The monoisotopic (exact) mass is 365 g/mol. The third kappa shape index (κ3) is 4.53. The van der Waals surface area contributed by atoms with Crippen LogP contribution in [0.25, 0.3) is 11.5 Å². The number of carbonyl (C=O) groups excluding carboxylic acids is 1. The zero-order valence-electron chi connectivity index (χ0n) is 15.7. The van der Waals surface area contributed by atoms with Crippen molar-refractivity contribution in [1.82, 2.24) is 10.1 Å². The van der Waals surface area contributed by atoms with E-state index >= 15 is 0 Å². The van der Waals surface area contributed by atoms with Gasteiger partial charge in [-0.25, -0.2) is 0 Å². The molecule has 0 saturated heterocycles. The Kier molecular flexibility index (Phi) is 5.86. The predicted molar refractivity (Wildman–Crippen MR) is 104 cm³/mol. The molecule has 0 atom stereocenters. The molecule has 140 valence electrons. The summed E-state index contributed by atoms with van der Waals surface area (Å²) >= 11 is 0. The van der Waals surface area contributed by atoms with Gasteiger partial charge in [0.05, 0.1) is 17.9 Å². The second-order valence-electron chi connectivity index (χ2n) is 6.49. The van der Waals surface area contributed by atoms with Gasteiger partial charge in [0, 0.05) is 11.5 Å². The number of carbonyl (C=O) groups is 1. The maximum atomic E-state index is 12.7. The minimum Gasteiger partial charge on any atom is -0.494 e. The molecule has 0 aliphatic rings. The second-order valence-corrected chi connectivity index (χ2v) is 6.49. The third-order valence-corrected chi connectivity index (χ3v) is 3.93. The van der Waals surface area contributed by atoms with Crippen LogP contribution in [-0.4, -0.2) is 22.7 Å². The lowest BCUT2D eigenvalue weighted by Gasteiger charge is -2.10. The lowest BCUT2D eigenvalue weighted by Crippen LogP contribution is -2.12. The zero-order chi connectivity index (χ0) is 19.2. The second kappa shape index (κ2) is 8.49. The quantitative estimate of drug-likeness (QED) is 0.644. The summed E-state index contributed by atoms with van der Waals surface area (Å²) in [5.74, 6) is 1.63. The largest absolute Gasteiger partial charge is 0.494 e. The highest BCUT2D eigenvalue weighted by atomic mass is 16.5. The van der Waals surface area contributed by atoms with Crippen LogP contribution in [0.1, 0.15) is 49.3 Å². The molecular weight excluding hydrogens is 342 g/mol. The van der Waals surface area contributed by atoms with Crippen molar-refractivity contribution in [3.63, 3.8) is 0 Å². The number of anilines is 1. The fourth-order valence-electron chi connectivity index (χ4n) is 2.50. The Hall–Kier alpha value is -3.15. The first-order valence-electron chi connectivity index (χ1n) is 9.05. The summed E-state index contributed by atoms with van der Waals surface area (Å²) < 4.78 is 11.0. The average Bonchev–Trinajstić information content (AvgIpc) is 3.17. The van der Waals surface area contributed by atoms with E-state index in [1.54, 1.807) is 18.2 Å². The van der Waals surface area contributed by atoms with Gasteiger partial charge in [-0.05, 0) is 36.8 Å². The predicted octanol–water partition coefficient (Wildman–Crippen LogP) is 4.90. The molecule has 1 aromatic heterocycles. The molecule has 0 spiro atoms. The molecule has 1 heterocycles. The molecule has 6 nitrogen and oxygen atoms in total. The molecule has 3 rings (SSSR count). The number of hydrogen-bond acceptors (Lipinski definition) is 5. The van der Waals surface area contributed by atoms with Gasteiger partial charge in [0.15, 0.2) is 5.82 Å². The van der Waals surface area contributed by atoms with Crippen molar-refractivity contribution in [3.8, 4) is 17.2 Å². The van der Waals surface area contributed by atoms with E-state index < -0.39 is 0 Å². The normalized spacial score (nSPS) is 10.8. The smallest absolute Gasteiger partial charge is 0.260 e. The van der Waals surface area contributed by atoms with E-state index in [1.165, 1.54) is 0 Å². The van der Waals surface area contributed by atoms with E-state index in [2.05, 4.69) is 15.5 Å². The van der Waals surface area contributed by atoms with Crippen molar-refractivity contribution in [2.75, 3.05) is 11.9 Å². The molecule has 3 aromatic rings. The molecule has 27 heavy (non-hydrogen) atoms. The highest BCUT2D eigenvalue weighted by Gasteiger charge is 2.16. The van der Waals surface area contributed by atoms with Crippen LogP contribution >= 0.6 is 0 Å². The average molecular weight is 365 g/mol. The third-order valence-electron chi connectivity index (χ3n) is 3.93. The van der Waals surface area contributed by atoms with Gasteiger partial charge in [-0.2, -0.15) is 4.98 Å². The maximum absolute atomic E-state index is 12.7. The Labute approximate surface area is 158 Å². The van der Waals surface area contributed by atoms with Crippen LogP contribution in [0.3, 0.4) is 0 Å². The van der Waals surface area contributed by atoms with Crippen LogP contribution in [0.4, 0.5) is 5.69 Å². The summed E-state index contributed by atoms with van der Waals surface area (Å²) in [6.45, 7) is 6.64. The molecule has 1 N–H and O–H groups in total. The molecule has 0 bridgehead atoms. The van der Waals surface area contributed by atoms with Crippen LogP contribution in [-0.2, 0) is 0 Å². The van der Waals surface area contributed by atoms with Crippen LogP contribution in [0.15, 0.2) is 53.1 Å². The van der Waals surface area contributed by atoms with Crippen molar-refractivity contribution >= 4 is 11.6 Å². The molecule has 0 aliphatic carbocycles. The minimum atomic E-state index is -0.229. The zero-order valence-corrected chi connectivity index (χ0v) is 15.7. The highest BCUT2D eigenvalue weighted by molar-refractivity contribution is 6.06. The van der Waals surface area contributed by atoms with Gasteiger partial charge in [0.25, 0.3) is 11.8 Å². The molecule has 0 saturated carbocycles. The molecule has 1 amide bonds. The Morgan fingerprint density at radius 2 is 2.00 bits per heavy atom. The standard InChI is InChI=1S/C21H23N3O3/c1-4-12-26-16-9-7-8-15(13-16)20(25)22-18-11-6-5-10-17(18)21-23-19(14(2)3)24-27-21/h5-11,13-14H,4,12H2,1-3H3,(H,22,25). The van der Waals surface area contributed by atoms with Crippen molar-refractivity contribution in [3.05, 3.63) is 59.9 Å². The van der Waals surface area contributed by atoms with Gasteiger partial charge in [-0.1, -0.05) is 44.1 Å². The Morgan fingerprint density at radius 3 is 2.74 bits per heavy atom. The number of amides is 1. The van der Waals surface area contributed by atoms with Gasteiger partial charge in [0.2, 0.25) is 0 Å². The summed E-state index contributed by atoms with van der Waals surface area (Å²) in [5.41, 5.74) is 1.82. The molecule has 0 aliphatic heterocycles. The number of nitrogens with zero attached hydrogens (tertiary/aromatic N) is 2. The molecule has 0 radical (unpaired) electrons. The van der Waals surface area contributed by atoms with Gasteiger partial charge in [-0.15, -0.1) is 0 Å². The SMILES string of the molecule is CCCOc1cccc(C(=O)Nc2ccccc2-c2nc(C(C)C)no2)c1. The summed E-state index contributed by atoms with van der Waals surface area (Å²) in [5, 5.41) is 6.92. The van der Waals surface area contributed by atoms with E-state index in [4.69, 9.17) is 9.26 Å². The molecule has 2 aromatic carbocycles. The first kappa shape index (κ1) is 18.6. The van der Waals surface area contributed by atoms with Crippen LogP contribution < -0.4 is 10.1 Å². The number of para-hydroxylation sites is 1. The van der Waals surface area contributed by atoms with Crippen molar-refractivity contribution < 1.29 is 14.1 Å². The van der Waals surface area contributed by atoms with Crippen LogP contribution in [0.5, 0.6) is 5.75 Å². The van der Waals surface area contributed by atoms with Gasteiger partial charge in [0.1, 0.15) is 5.75 Å². The first-order chi connectivity index (χ1) is 13.1.